The van der Waals surface area contributed by atoms with Gasteiger partial charge in [0.15, 0.2) is 5.82 Å². The summed E-state index contributed by atoms with van der Waals surface area (Å²) in [5.41, 5.74) is -0.354. The van der Waals surface area contributed by atoms with E-state index in [-0.39, 0.29) is 23.8 Å². The average Bonchev–Trinajstić information content (AvgIpc) is 2.38. The lowest BCUT2D eigenvalue weighted by atomic mass is 9.99. The van der Waals surface area contributed by atoms with E-state index in [0.29, 0.717) is 12.4 Å². The molecule has 0 bridgehead atoms. The lowest BCUT2D eigenvalue weighted by molar-refractivity contribution is -0.137. The number of methoxy groups -OCH3 is 1. The van der Waals surface area contributed by atoms with Crippen molar-refractivity contribution in [1.82, 2.24) is 9.97 Å². The summed E-state index contributed by atoms with van der Waals surface area (Å²) in [5.74, 6) is -0.280. The molecule has 0 saturated carbocycles. The van der Waals surface area contributed by atoms with Crippen LogP contribution in [0.15, 0.2) is 11.1 Å². The van der Waals surface area contributed by atoms with Crippen molar-refractivity contribution < 1.29 is 14.6 Å². The second-order valence-electron chi connectivity index (χ2n) is 4.53. The zero-order valence-electron chi connectivity index (χ0n) is 10.8. The first-order chi connectivity index (χ1) is 9.13. The largest absolute Gasteiger partial charge is 0.489 e. The normalized spacial score (nSPS) is 19.2. The summed E-state index contributed by atoms with van der Waals surface area (Å²) in [5, 5.41) is 8.97. The highest BCUT2D eigenvalue weighted by Crippen LogP contribution is 2.29. The number of carbonyl (C=O) groups is 1. The number of anilines is 1. The van der Waals surface area contributed by atoms with Gasteiger partial charge in [-0.25, -0.2) is 4.98 Å². The van der Waals surface area contributed by atoms with E-state index in [1.54, 1.807) is 0 Å². The number of hydrogen-bond acceptors (Lipinski definition) is 5. The van der Waals surface area contributed by atoms with Gasteiger partial charge < -0.3 is 19.7 Å². The molecule has 1 aromatic heterocycles. The molecule has 1 aliphatic rings. The van der Waals surface area contributed by atoms with Gasteiger partial charge in [-0.1, -0.05) is 0 Å². The summed E-state index contributed by atoms with van der Waals surface area (Å²) < 4.78 is 5.09. The molecule has 1 unspecified atom stereocenters. The van der Waals surface area contributed by atoms with E-state index in [0.717, 1.165) is 19.3 Å². The number of hydrogen-bond donors (Lipinski definition) is 2. The number of aromatic nitrogens is 2. The number of piperidine rings is 1. The molecule has 19 heavy (non-hydrogen) atoms. The van der Waals surface area contributed by atoms with Crippen LogP contribution < -0.4 is 15.2 Å². The van der Waals surface area contributed by atoms with Gasteiger partial charge >= 0.3 is 5.97 Å². The fourth-order valence-corrected chi connectivity index (χ4v) is 2.46. The molecule has 0 spiro atoms. The van der Waals surface area contributed by atoms with E-state index >= 15 is 0 Å². The highest BCUT2D eigenvalue weighted by atomic mass is 16.5. The van der Waals surface area contributed by atoms with E-state index in [2.05, 4.69) is 9.97 Å². The third-order valence-electron chi connectivity index (χ3n) is 3.31. The molecular weight excluding hydrogens is 250 g/mol. The summed E-state index contributed by atoms with van der Waals surface area (Å²) in [7, 11) is 1.41. The molecule has 0 amide bonds. The van der Waals surface area contributed by atoms with Crippen molar-refractivity contribution in [2.75, 3.05) is 18.6 Å². The number of rotatable bonds is 4. The molecule has 1 aliphatic heterocycles. The number of H-pyrrole nitrogens is 1. The lowest BCUT2D eigenvalue weighted by Crippen LogP contribution is -2.42. The number of carboxylic acids is 1. The SMILES string of the molecule is COc1c(N2CCCCC2CC(=O)O)nc[nH]c1=O. The van der Waals surface area contributed by atoms with Crippen molar-refractivity contribution in [2.24, 2.45) is 0 Å². The van der Waals surface area contributed by atoms with Crippen molar-refractivity contribution in [1.29, 1.82) is 0 Å². The number of aliphatic carboxylic acids is 1. The second kappa shape index (κ2) is 5.73. The molecule has 0 aliphatic carbocycles. The van der Waals surface area contributed by atoms with Gasteiger partial charge in [-0.3, -0.25) is 9.59 Å². The van der Waals surface area contributed by atoms with Gasteiger partial charge in [-0.15, -0.1) is 0 Å². The van der Waals surface area contributed by atoms with E-state index in [4.69, 9.17) is 9.84 Å². The summed E-state index contributed by atoms with van der Waals surface area (Å²) in [4.78, 5) is 31.1. The lowest BCUT2D eigenvalue weighted by Gasteiger charge is -2.36. The van der Waals surface area contributed by atoms with Crippen LogP contribution in [0.5, 0.6) is 5.75 Å². The molecule has 1 atom stereocenters. The van der Waals surface area contributed by atoms with Gasteiger partial charge in [0.1, 0.15) is 0 Å². The molecule has 0 radical (unpaired) electrons. The van der Waals surface area contributed by atoms with Crippen LogP contribution in [0.3, 0.4) is 0 Å². The van der Waals surface area contributed by atoms with Gasteiger partial charge in [-0.2, -0.15) is 0 Å². The molecule has 1 saturated heterocycles. The van der Waals surface area contributed by atoms with Gasteiger partial charge in [0.05, 0.1) is 19.9 Å². The number of nitrogens with zero attached hydrogens (tertiary/aromatic N) is 2. The average molecular weight is 267 g/mol. The van der Waals surface area contributed by atoms with E-state index in [9.17, 15) is 9.59 Å². The predicted octanol–water partition coefficient (Wildman–Crippen LogP) is 0.612. The van der Waals surface area contributed by atoms with Crippen molar-refractivity contribution >= 4 is 11.8 Å². The quantitative estimate of drug-likeness (QED) is 0.830. The predicted molar refractivity (Wildman–Crippen MR) is 68.6 cm³/mol. The Hall–Kier alpha value is -2.05. The van der Waals surface area contributed by atoms with Crippen LogP contribution >= 0.6 is 0 Å². The van der Waals surface area contributed by atoms with Gasteiger partial charge in [0.25, 0.3) is 5.56 Å². The van der Waals surface area contributed by atoms with Crippen LogP contribution in [-0.2, 0) is 4.79 Å². The molecule has 104 valence electrons. The van der Waals surface area contributed by atoms with Crippen LogP contribution in [0.1, 0.15) is 25.7 Å². The minimum atomic E-state index is -0.847. The zero-order chi connectivity index (χ0) is 13.8. The van der Waals surface area contributed by atoms with Gasteiger partial charge in [0.2, 0.25) is 5.75 Å². The molecule has 1 aromatic rings. The molecular formula is C12H17N3O4. The van der Waals surface area contributed by atoms with Crippen LogP contribution in [0.4, 0.5) is 5.82 Å². The molecule has 2 rings (SSSR count). The molecule has 2 heterocycles. The van der Waals surface area contributed by atoms with Crippen molar-refractivity contribution in [3.8, 4) is 5.75 Å². The zero-order valence-corrected chi connectivity index (χ0v) is 10.8. The Morgan fingerprint density at radius 1 is 1.63 bits per heavy atom. The highest BCUT2D eigenvalue weighted by molar-refractivity contribution is 5.68. The summed E-state index contributed by atoms with van der Waals surface area (Å²) in [6.45, 7) is 0.685. The van der Waals surface area contributed by atoms with E-state index in [1.807, 2.05) is 4.90 Å². The fraction of sp³-hybridized carbons (Fsp3) is 0.583. The maximum Gasteiger partial charge on any atom is 0.305 e. The maximum atomic E-state index is 11.7. The van der Waals surface area contributed by atoms with Crippen LogP contribution in [-0.4, -0.2) is 40.7 Å². The van der Waals surface area contributed by atoms with Crippen molar-refractivity contribution in [2.45, 2.75) is 31.7 Å². The Balaban J connectivity index is 2.34. The number of ether oxygens (including phenoxy) is 1. The van der Waals surface area contributed by atoms with Crippen LogP contribution in [0, 0.1) is 0 Å². The Kier molecular flexibility index (Phi) is 4.03. The maximum absolute atomic E-state index is 11.7. The molecule has 1 fully saturated rings. The summed E-state index contributed by atoms with van der Waals surface area (Å²) >= 11 is 0. The third kappa shape index (κ3) is 2.86. The smallest absolute Gasteiger partial charge is 0.305 e. The Bertz CT molecular complexity index is 514. The minimum Gasteiger partial charge on any atom is -0.489 e. The molecule has 2 N–H and O–H groups in total. The molecule has 0 aromatic carbocycles. The number of nitrogens with one attached hydrogen (secondary N) is 1. The number of carboxylic acid groups (broad SMARTS) is 1. The minimum absolute atomic E-state index is 0.0393. The Morgan fingerprint density at radius 2 is 2.42 bits per heavy atom. The monoisotopic (exact) mass is 267 g/mol. The Labute approximate surface area is 110 Å². The van der Waals surface area contributed by atoms with Crippen molar-refractivity contribution in [3.63, 3.8) is 0 Å². The van der Waals surface area contributed by atoms with Crippen LogP contribution in [0.25, 0.3) is 0 Å². The van der Waals surface area contributed by atoms with Gasteiger partial charge in [0, 0.05) is 12.6 Å². The van der Waals surface area contributed by atoms with Gasteiger partial charge in [-0.05, 0) is 19.3 Å². The standard InChI is InChI=1S/C12H17N3O4/c1-19-10-11(13-7-14-12(10)18)15-5-3-2-4-8(15)6-9(16)17/h7-8H,2-6H2,1H3,(H,16,17)(H,13,14,18). The molecule has 7 nitrogen and oxygen atoms in total. The topological polar surface area (TPSA) is 95.5 Å². The fourth-order valence-electron chi connectivity index (χ4n) is 2.46. The van der Waals surface area contributed by atoms with Crippen molar-refractivity contribution in [3.05, 3.63) is 16.7 Å². The Morgan fingerprint density at radius 3 is 3.11 bits per heavy atom. The first-order valence-electron chi connectivity index (χ1n) is 6.23. The summed E-state index contributed by atoms with van der Waals surface area (Å²) in [6.07, 6.45) is 4.07. The van der Waals surface area contributed by atoms with E-state index in [1.165, 1.54) is 13.4 Å². The van der Waals surface area contributed by atoms with Crippen LogP contribution in [0.2, 0.25) is 0 Å². The molecule has 7 heteroatoms. The second-order valence-corrected chi connectivity index (χ2v) is 4.53. The highest BCUT2D eigenvalue weighted by Gasteiger charge is 2.28. The third-order valence-corrected chi connectivity index (χ3v) is 3.31. The summed E-state index contributed by atoms with van der Waals surface area (Å²) in [6, 6.07) is -0.144. The first kappa shape index (κ1) is 13.4. The number of aromatic amines is 1. The van der Waals surface area contributed by atoms with E-state index < -0.39 is 5.97 Å². The first-order valence-corrected chi connectivity index (χ1v) is 6.23.